The number of thiocarbonyl (C=S) groups is 1. The number of thioether (sulfide) groups is 1. The third-order valence-corrected chi connectivity index (χ3v) is 6.06. The second kappa shape index (κ2) is 7.92. The number of hydrogen-bond donors (Lipinski definition) is 1. The lowest BCUT2D eigenvalue weighted by atomic mass is 9.78. The molecule has 0 aliphatic rings. The van der Waals surface area contributed by atoms with Crippen molar-refractivity contribution in [2.24, 2.45) is 0 Å². The first-order chi connectivity index (χ1) is 11.9. The molecule has 0 saturated heterocycles. The van der Waals surface area contributed by atoms with Gasteiger partial charge >= 0.3 is 0 Å². The summed E-state index contributed by atoms with van der Waals surface area (Å²) in [4.78, 5) is 0. The molecule has 26 heavy (non-hydrogen) atoms. The van der Waals surface area contributed by atoms with Crippen molar-refractivity contribution in [2.45, 2.75) is 58.1 Å². The van der Waals surface area contributed by atoms with E-state index in [4.69, 9.17) is 23.8 Å². The van der Waals surface area contributed by atoms with Crippen molar-refractivity contribution in [3.05, 3.63) is 63.7 Å². The maximum absolute atomic E-state index is 10.8. The summed E-state index contributed by atoms with van der Waals surface area (Å²) >= 11 is 13.3. The smallest absolute Gasteiger partial charge is 0.123 e. The summed E-state index contributed by atoms with van der Waals surface area (Å²) in [5.74, 6) is 1.19. The molecule has 0 aromatic heterocycles. The fourth-order valence-electron chi connectivity index (χ4n) is 2.71. The average Bonchev–Trinajstić information content (AvgIpc) is 2.52. The van der Waals surface area contributed by atoms with Crippen molar-refractivity contribution in [3.8, 4) is 5.75 Å². The highest BCUT2D eigenvalue weighted by molar-refractivity contribution is 8.23. The number of aromatic hydroxyl groups is 1. The predicted molar refractivity (Wildman–Crippen MR) is 120 cm³/mol. The number of hydrogen-bond acceptors (Lipinski definition) is 3. The molecule has 0 unspecified atom stereocenters. The van der Waals surface area contributed by atoms with E-state index in [1.165, 1.54) is 5.56 Å². The van der Waals surface area contributed by atoms with Crippen LogP contribution in [0.15, 0.2) is 36.4 Å². The number of rotatable bonds is 3. The van der Waals surface area contributed by atoms with E-state index < -0.39 is 0 Å². The lowest BCUT2D eigenvalue weighted by molar-refractivity contribution is 0.423. The van der Waals surface area contributed by atoms with Gasteiger partial charge < -0.3 is 5.11 Å². The summed E-state index contributed by atoms with van der Waals surface area (Å²) < 4.78 is 0.843. The van der Waals surface area contributed by atoms with Crippen LogP contribution in [0.4, 0.5) is 0 Å². The standard InChI is InChI=1S/C22H27ClOS2/c1-21(2,3)17-11-15(12-18(19(17)24)22(4,5)6)20(25)26-13-14-7-9-16(23)10-8-14/h7-12,24H,13H2,1-6H3. The molecule has 0 saturated carbocycles. The Balaban J connectivity index is 2.35. The minimum atomic E-state index is -0.156. The zero-order valence-electron chi connectivity index (χ0n) is 16.3. The zero-order chi connectivity index (χ0) is 19.7. The van der Waals surface area contributed by atoms with Gasteiger partial charge in [0.15, 0.2) is 0 Å². The van der Waals surface area contributed by atoms with Gasteiger partial charge in [-0.15, -0.1) is 11.8 Å². The Labute approximate surface area is 172 Å². The Bertz CT molecular complexity index is 761. The van der Waals surface area contributed by atoms with E-state index in [0.29, 0.717) is 5.75 Å². The highest BCUT2D eigenvalue weighted by Crippen LogP contribution is 2.40. The Hall–Kier alpha value is -1.03. The second-order valence-electron chi connectivity index (χ2n) is 8.62. The number of phenolic OH excluding ortho intramolecular Hbond substituents is 1. The number of phenols is 1. The molecule has 0 amide bonds. The Morgan fingerprint density at radius 2 is 1.42 bits per heavy atom. The molecule has 140 valence electrons. The normalized spacial score (nSPS) is 12.3. The lowest BCUT2D eigenvalue weighted by Gasteiger charge is -2.28. The number of halogens is 1. The summed E-state index contributed by atoms with van der Waals surface area (Å²) in [6, 6.07) is 11.9. The minimum absolute atomic E-state index is 0.156. The molecule has 0 heterocycles. The summed E-state index contributed by atoms with van der Waals surface area (Å²) in [6.45, 7) is 12.7. The van der Waals surface area contributed by atoms with Crippen LogP contribution >= 0.6 is 35.6 Å². The van der Waals surface area contributed by atoms with E-state index in [2.05, 4.69) is 41.5 Å². The predicted octanol–water partition coefficient (Wildman–Crippen LogP) is 7.25. The first-order valence-corrected chi connectivity index (χ1v) is 10.5. The highest BCUT2D eigenvalue weighted by atomic mass is 35.5. The van der Waals surface area contributed by atoms with Crippen molar-refractivity contribution in [3.63, 3.8) is 0 Å². The van der Waals surface area contributed by atoms with E-state index in [9.17, 15) is 5.11 Å². The molecular weight excluding hydrogens is 380 g/mol. The molecule has 1 N–H and O–H groups in total. The summed E-state index contributed by atoms with van der Waals surface area (Å²) in [5, 5.41) is 11.6. The lowest BCUT2D eigenvalue weighted by Crippen LogP contribution is -2.18. The molecule has 1 nitrogen and oxygen atoms in total. The van der Waals surface area contributed by atoms with Gasteiger partial charge in [0.05, 0.1) is 4.20 Å². The molecule has 0 aliphatic carbocycles. The van der Waals surface area contributed by atoms with Crippen molar-refractivity contribution in [2.75, 3.05) is 0 Å². The van der Waals surface area contributed by atoms with E-state index in [0.717, 1.165) is 31.7 Å². The highest BCUT2D eigenvalue weighted by Gasteiger charge is 2.27. The van der Waals surface area contributed by atoms with Crippen LogP contribution < -0.4 is 0 Å². The van der Waals surface area contributed by atoms with Crippen molar-refractivity contribution in [1.29, 1.82) is 0 Å². The number of benzene rings is 2. The third kappa shape index (κ3) is 5.25. The van der Waals surface area contributed by atoms with Crippen molar-refractivity contribution >= 4 is 39.8 Å². The summed E-state index contributed by atoms with van der Waals surface area (Å²) in [6.07, 6.45) is 0. The minimum Gasteiger partial charge on any atom is -0.507 e. The summed E-state index contributed by atoms with van der Waals surface area (Å²) in [7, 11) is 0. The zero-order valence-corrected chi connectivity index (χ0v) is 18.7. The SMILES string of the molecule is CC(C)(C)c1cc(C(=S)SCc2ccc(Cl)cc2)cc(C(C)(C)C)c1O. The van der Waals surface area contributed by atoms with Gasteiger partial charge in [-0.2, -0.15) is 0 Å². The molecule has 2 rings (SSSR count). The molecule has 0 radical (unpaired) electrons. The Morgan fingerprint density at radius 1 is 0.962 bits per heavy atom. The average molecular weight is 407 g/mol. The first kappa shape index (κ1) is 21.3. The maximum atomic E-state index is 10.8. The monoisotopic (exact) mass is 406 g/mol. The fraction of sp³-hybridized carbons (Fsp3) is 0.409. The van der Waals surface area contributed by atoms with Crippen LogP contribution in [0.1, 0.15) is 63.8 Å². The van der Waals surface area contributed by atoms with Gasteiger partial charge in [0.25, 0.3) is 0 Å². The molecule has 2 aromatic rings. The largest absolute Gasteiger partial charge is 0.507 e. The van der Waals surface area contributed by atoms with Gasteiger partial charge in [-0.1, -0.05) is 77.5 Å². The van der Waals surface area contributed by atoms with Gasteiger partial charge in [-0.25, -0.2) is 0 Å². The second-order valence-corrected chi connectivity index (χ2v) is 10.7. The van der Waals surface area contributed by atoms with Gasteiger partial charge in [-0.05, 0) is 46.2 Å². The van der Waals surface area contributed by atoms with E-state index in [-0.39, 0.29) is 10.8 Å². The maximum Gasteiger partial charge on any atom is 0.123 e. The van der Waals surface area contributed by atoms with Gasteiger partial charge in [0, 0.05) is 21.9 Å². The van der Waals surface area contributed by atoms with Crippen LogP contribution in [0.25, 0.3) is 0 Å². The molecular formula is C22H27ClOS2. The van der Waals surface area contributed by atoms with Crippen LogP contribution in [0.5, 0.6) is 5.75 Å². The van der Waals surface area contributed by atoms with Gasteiger partial charge in [0.1, 0.15) is 5.75 Å². The molecule has 0 bridgehead atoms. The van der Waals surface area contributed by atoms with Crippen molar-refractivity contribution < 1.29 is 5.11 Å². The molecule has 0 aliphatic heterocycles. The molecule has 2 aromatic carbocycles. The van der Waals surface area contributed by atoms with Crippen LogP contribution in [-0.4, -0.2) is 9.30 Å². The molecule has 0 atom stereocenters. The molecule has 4 heteroatoms. The van der Waals surface area contributed by atoms with E-state index >= 15 is 0 Å². The Morgan fingerprint density at radius 3 is 1.85 bits per heavy atom. The van der Waals surface area contributed by atoms with E-state index in [1.807, 2.05) is 36.4 Å². The van der Waals surface area contributed by atoms with Crippen LogP contribution in [-0.2, 0) is 16.6 Å². The van der Waals surface area contributed by atoms with Crippen LogP contribution in [0, 0.1) is 0 Å². The molecule has 0 fully saturated rings. The quantitative estimate of drug-likeness (QED) is 0.542. The summed E-state index contributed by atoms with van der Waals surface area (Å²) in [5.41, 5.74) is 3.76. The first-order valence-electron chi connectivity index (χ1n) is 8.69. The Kier molecular flexibility index (Phi) is 6.48. The van der Waals surface area contributed by atoms with Gasteiger partial charge in [-0.3, -0.25) is 0 Å². The fourth-order valence-corrected chi connectivity index (χ4v) is 3.90. The van der Waals surface area contributed by atoms with Crippen molar-refractivity contribution in [1.82, 2.24) is 0 Å². The van der Waals surface area contributed by atoms with E-state index in [1.54, 1.807) is 11.8 Å². The third-order valence-electron chi connectivity index (χ3n) is 4.24. The van der Waals surface area contributed by atoms with Gasteiger partial charge in [0.2, 0.25) is 0 Å². The molecule has 0 spiro atoms. The topological polar surface area (TPSA) is 20.2 Å². The van der Waals surface area contributed by atoms with Crippen LogP contribution in [0.3, 0.4) is 0 Å². The van der Waals surface area contributed by atoms with Crippen LogP contribution in [0.2, 0.25) is 5.02 Å².